The molecule has 0 amide bonds. The van der Waals surface area contributed by atoms with Gasteiger partial charge in [0.2, 0.25) is 0 Å². The number of hydrogen-bond donors (Lipinski definition) is 0. The van der Waals surface area contributed by atoms with Crippen molar-refractivity contribution in [3.05, 3.63) is 53.6 Å². The number of unbranched alkanes of at least 4 members (excludes halogenated alkanes) is 3. The molecule has 0 spiro atoms. The van der Waals surface area contributed by atoms with Crippen LogP contribution in [-0.2, 0) is 4.84 Å². The van der Waals surface area contributed by atoms with Crippen LogP contribution in [0.3, 0.4) is 0 Å². The van der Waals surface area contributed by atoms with Gasteiger partial charge in [-0.25, -0.2) is 9.97 Å². The Morgan fingerprint density at radius 3 is 2.12 bits per heavy atom. The summed E-state index contributed by atoms with van der Waals surface area (Å²) < 4.78 is 17.5. The Kier molecular flexibility index (Phi) is 11.1. The van der Waals surface area contributed by atoms with Crippen LogP contribution in [0.2, 0.25) is 0 Å². The monoisotopic (exact) mass is 441 g/mol. The number of benzene rings is 1. The van der Waals surface area contributed by atoms with Crippen LogP contribution in [0.25, 0.3) is 0 Å². The first kappa shape index (κ1) is 25.2. The van der Waals surface area contributed by atoms with E-state index in [9.17, 15) is 0 Å². The molecule has 0 N–H and O–H groups in total. The highest BCUT2D eigenvalue weighted by Gasteiger charge is 2.07. The molecule has 0 atom stereocenters. The minimum atomic E-state index is 0.528. The van der Waals surface area contributed by atoms with Crippen molar-refractivity contribution in [2.24, 2.45) is 5.16 Å². The van der Waals surface area contributed by atoms with Crippen molar-refractivity contribution in [1.82, 2.24) is 9.97 Å². The lowest BCUT2D eigenvalue weighted by Gasteiger charge is -2.14. The molecular formula is C25H35N3O4. The molecule has 0 saturated carbocycles. The van der Waals surface area contributed by atoms with Crippen LogP contribution >= 0.6 is 0 Å². The molecule has 1 aromatic heterocycles. The summed E-state index contributed by atoms with van der Waals surface area (Å²) in [4.78, 5) is 13.2. The summed E-state index contributed by atoms with van der Waals surface area (Å²) >= 11 is 0. The first-order chi connectivity index (χ1) is 15.5. The molecule has 1 aromatic carbocycles. The van der Waals surface area contributed by atoms with E-state index >= 15 is 0 Å². The highest BCUT2D eigenvalue weighted by Crippen LogP contribution is 2.28. The van der Waals surface area contributed by atoms with Crippen molar-refractivity contribution < 1.29 is 19.0 Å². The smallest absolute Gasteiger partial charge is 0.177 e. The normalized spacial score (nSPS) is 11.6. The third-order valence-electron chi connectivity index (χ3n) is 4.75. The molecule has 0 aliphatic heterocycles. The van der Waals surface area contributed by atoms with E-state index in [4.69, 9.17) is 19.0 Å². The molecule has 2 aromatic rings. The molecule has 0 aliphatic carbocycles. The number of hydrogen-bond acceptors (Lipinski definition) is 7. The van der Waals surface area contributed by atoms with Crippen molar-refractivity contribution in [3.8, 4) is 17.2 Å². The first-order valence-corrected chi connectivity index (χ1v) is 11.1. The van der Waals surface area contributed by atoms with Gasteiger partial charge >= 0.3 is 0 Å². The number of aromatic nitrogens is 2. The molecule has 7 nitrogen and oxygen atoms in total. The standard InChI is InChI=1S/C25H35N3O4/c1-6-7-12-30-22-15-19(2)24(20(3)16-22)32-14-11-9-8-10-13-31-23-17-26-25(27-18-23)21(4)28-29-5/h6-7,15-18H,8-14H2,1-5H3/b7-6+,28-21+. The first-order valence-electron chi connectivity index (χ1n) is 11.1. The number of rotatable bonds is 14. The van der Waals surface area contributed by atoms with Gasteiger partial charge < -0.3 is 19.0 Å². The maximum absolute atomic E-state index is 6.04. The topological polar surface area (TPSA) is 75.1 Å². The molecular weight excluding hydrogens is 406 g/mol. The zero-order valence-corrected chi connectivity index (χ0v) is 19.9. The average molecular weight is 442 g/mol. The van der Waals surface area contributed by atoms with Crippen molar-refractivity contribution in [1.29, 1.82) is 0 Å². The van der Waals surface area contributed by atoms with E-state index in [1.165, 1.54) is 7.11 Å². The summed E-state index contributed by atoms with van der Waals surface area (Å²) in [6, 6.07) is 4.07. The molecule has 2 rings (SSSR count). The van der Waals surface area contributed by atoms with Gasteiger partial charge in [-0.1, -0.05) is 17.3 Å². The Morgan fingerprint density at radius 2 is 1.53 bits per heavy atom. The Balaban J connectivity index is 1.62. The zero-order valence-electron chi connectivity index (χ0n) is 19.9. The summed E-state index contributed by atoms with van der Waals surface area (Å²) in [7, 11) is 1.50. The summed E-state index contributed by atoms with van der Waals surface area (Å²) in [6.07, 6.45) is 11.4. The van der Waals surface area contributed by atoms with Crippen LogP contribution < -0.4 is 14.2 Å². The number of allylic oxidation sites excluding steroid dienone is 1. The summed E-state index contributed by atoms with van der Waals surface area (Å²) in [6.45, 7) is 9.83. The largest absolute Gasteiger partial charge is 0.493 e. The van der Waals surface area contributed by atoms with Crippen LogP contribution in [0.4, 0.5) is 0 Å². The molecule has 174 valence electrons. The maximum Gasteiger partial charge on any atom is 0.177 e. The molecule has 1 heterocycles. The van der Waals surface area contributed by atoms with Crippen molar-refractivity contribution in [2.75, 3.05) is 26.9 Å². The number of ether oxygens (including phenoxy) is 3. The fourth-order valence-electron chi connectivity index (χ4n) is 3.14. The van der Waals surface area contributed by atoms with Crippen molar-refractivity contribution in [2.45, 2.75) is 53.4 Å². The zero-order chi connectivity index (χ0) is 23.2. The quantitative estimate of drug-likeness (QED) is 0.168. The van der Waals surface area contributed by atoms with Crippen molar-refractivity contribution >= 4 is 5.71 Å². The minimum absolute atomic E-state index is 0.528. The van der Waals surface area contributed by atoms with Gasteiger partial charge in [0.15, 0.2) is 11.6 Å². The van der Waals surface area contributed by atoms with E-state index in [0.29, 0.717) is 37.1 Å². The van der Waals surface area contributed by atoms with Crippen LogP contribution in [0, 0.1) is 13.8 Å². The lowest BCUT2D eigenvalue weighted by Crippen LogP contribution is -2.05. The van der Waals surface area contributed by atoms with E-state index in [1.54, 1.807) is 19.3 Å². The maximum atomic E-state index is 6.04. The molecule has 32 heavy (non-hydrogen) atoms. The van der Waals surface area contributed by atoms with Crippen LogP contribution in [0.15, 0.2) is 41.8 Å². The fraction of sp³-hybridized carbons (Fsp3) is 0.480. The van der Waals surface area contributed by atoms with Crippen molar-refractivity contribution in [3.63, 3.8) is 0 Å². The number of oxime groups is 1. The summed E-state index contributed by atoms with van der Waals surface area (Å²) in [5.74, 6) is 3.02. The van der Waals surface area contributed by atoms with E-state index in [1.807, 2.05) is 31.2 Å². The summed E-state index contributed by atoms with van der Waals surface area (Å²) in [5, 5.41) is 3.81. The van der Waals surface area contributed by atoms with Gasteiger partial charge in [-0.05, 0) is 76.6 Å². The minimum Gasteiger partial charge on any atom is -0.493 e. The highest BCUT2D eigenvalue weighted by molar-refractivity contribution is 5.94. The van der Waals surface area contributed by atoms with Gasteiger partial charge in [0.1, 0.15) is 30.9 Å². The van der Waals surface area contributed by atoms with Gasteiger partial charge in [0.25, 0.3) is 0 Å². The van der Waals surface area contributed by atoms with Crippen LogP contribution in [-0.4, -0.2) is 42.6 Å². The summed E-state index contributed by atoms with van der Waals surface area (Å²) in [5.41, 5.74) is 2.83. The predicted molar refractivity (Wildman–Crippen MR) is 127 cm³/mol. The lowest BCUT2D eigenvalue weighted by molar-refractivity contribution is 0.213. The lowest BCUT2D eigenvalue weighted by atomic mass is 10.1. The van der Waals surface area contributed by atoms with Crippen LogP contribution in [0.5, 0.6) is 17.2 Å². The Hall–Kier alpha value is -3.09. The van der Waals surface area contributed by atoms with E-state index in [0.717, 1.165) is 48.3 Å². The van der Waals surface area contributed by atoms with Gasteiger partial charge in [-0.3, -0.25) is 0 Å². The molecule has 0 bridgehead atoms. The second kappa shape index (κ2) is 14.1. The van der Waals surface area contributed by atoms with Crippen LogP contribution in [0.1, 0.15) is 56.5 Å². The van der Waals surface area contributed by atoms with E-state index < -0.39 is 0 Å². The van der Waals surface area contributed by atoms with E-state index in [-0.39, 0.29) is 0 Å². The highest BCUT2D eigenvalue weighted by atomic mass is 16.6. The second-order valence-electron chi connectivity index (χ2n) is 7.48. The average Bonchev–Trinajstić information content (AvgIpc) is 2.78. The Labute approximate surface area is 191 Å². The molecule has 0 unspecified atom stereocenters. The predicted octanol–water partition coefficient (Wildman–Crippen LogP) is 5.44. The van der Waals surface area contributed by atoms with Gasteiger partial charge in [-0.15, -0.1) is 0 Å². The second-order valence-corrected chi connectivity index (χ2v) is 7.48. The van der Waals surface area contributed by atoms with Gasteiger partial charge in [-0.2, -0.15) is 0 Å². The Morgan fingerprint density at radius 1 is 0.906 bits per heavy atom. The fourth-order valence-corrected chi connectivity index (χ4v) is 3.14. The number of aryl methyl sites for hydroxylation is 2. The molecule has 7 heteroatoms. The van der Waals surface area contributed by atoms with Gasteiger partial charge in [0, 0.05) is 0 Å². The molecule has 0 aliphatic rings. The SMILES string of the molecule is C/C=C/COc1cc(C)c(OCCCCCCOc2cnc(/C(C)=N/OC)nc2)c(C)c1. The third-order valence-corrected chi connectivity index (χ3v) is 4.75. The van der Waals surface area contributed by atoms with Gasteiger partial charge in [0.05, 0.1) is 25.6 Å². The Bertz CT molecular complexity index is 856. The molecule has 0 saturated heterocycles. The van der Waals surface area contributed by atoms with E-state index in [2.05, 4.69) is 29.0 Å². The molecule has 0 fully saturated rings. The third kappa shape index (κ3) is 8.57. The molecule has 0 radical (unpaired) electrons. The number of nitrogens with zero attached hydrogens (tertiary/aromatic N) is 3.